The molecule has 0 bridgehead atoms. The third kappa shape index (κ3) is 4.98. The monoisotopic (exact) mass is 444 g/mol. The Morgan fingerprint density at radius 1 is 0.781 bits per heavy atom. The van der Waals surface area contributed by atoms with Crippen LogP contribution in [-0.2, 0) is 0 Å². The average molecular weight is 445 g/mol. The molecule has 8 heteroatoms. The van der Waals surface area contributed by atoms with E-state index in [1.807, 2.05) is 43.3 Å². The summed E-state index contributed by atoms with van der Waals surface area (Å²) < 4.78 is 5.16. The third-order valence-electron chi connectivity index (χ3n) is 4.70. The Kier molecular flexibility index (Phi) is 6.23. The summed E-state index contributed by atoms with van der Waals surface area (Å²) in [7, 11) is 1.61. The molecule has 2 amide bonds. The minimum absolute atomic E-state index is 0.206. The predicted molar refractivity (Wildman–Crippen MR) is 125 cm³/mol. The average Bonchev–Trinajstić information content (AvgIpc) is 3.28. The number of ether oxygens (including phenoxy) is 1. The largest absolute Gasteiger partial charge is 0.497 e. The molecule has 3 aromatic carbocycles. The van der Waals surface area contributed by atoms with Crippen molar-refractivity contribution in [3.05, 3.63) is 89.5 Å². The second-order valence-corrected chi connectivity index (χ2v) is 7.97. The molecule has 0 spiro atoms. The minimum atomic E-state index is -0.307. The molecule has 32 heavy (non-hydrogen) atoms. The van der Waals surface area contributed by atoms with Gasteiger partial charge in [-0.25, -0.2) is 0 Å². The van der Waals surface area contributed by atoms with Crippen molar-refractivity contribution in [3.8, 4) is 16.3 Å². The molecule has 0 aliphatic carbocycles. The molecule has 0 aliphatic heterocycles. The fourth-order valence-electron chi connectivity index (χ4n) is 2.91. The molecule has 160 valence electrons. The van der Waals surface area contributed by atoms with Gasteiger partial charge in [-0.3, -0.25) is 14.9 Å². The van der Waals surface area contributed by atoms with Crippen molar-refractivity contribution in [1.29, 1.82) is 0 Å². The number of benzene rings is 3. The molecule has 4 aromatic rings. The van der Waals surface area contributed by atoms with Crippen molar-refractivity contribution in [2.24, 2.45) is 0 Å². The van der Waals surface area contributed by atoms with Crippen molar-refractivity contribution >= 4 is 34.0 Å². The molecule has 0 fully saturated rings. The molecule has 0 unspecified atom stereocenters. The third-order valence-corrected chi connectivity index (χ3v) is 5.59. The van der Waals surface area contributed by atoms with Gasteiger partial charge >= 0.3 is 0 Å². The van der Waals surface area contributed by atoms with Crippen LogP contribution in [0.4, 0.5) is 10.8 Å². The van der Waals surface area contributed by atoms with Gasteiger partial charge in [-0.15, -0.1) is 10.2 Å². The standard InChI is InChI=1S/C24H20N4O3S/c1-15-3-5-16(6-4-15)21(29)25-19-11-7-17(8-12-19)22(30)26-24-28-27-23(32-24)18-9-13-20(31-2)14-10-18/h3-14H,1-2H3,(H,25,29)(H,26,28,30). The van der Waals surface area contributed by atoms with Gasteiger partial charge in [0.15, 0.2) is 0 Å². The summed E-state index contributed by atoms with van der Waals surface area (Å²) in [6.07, 6.45) is 0. The van der Waals surface area contributed by atoms with Crippen molar-refractivity contribution in [2.75, 3.05) is 17.7 Å². The first-order chi connectivity index (χ1) is 15.5. The molecule has 1 aromatic heterocycles. The molecule has 7 nitrogen and oxygen atoms in total. The number of methoxy groups -OCH3 is 1. The molecule has 1 heterocycles. The maximum atomic E-state index is 12.6. The van der Waals surface area contributed by atoms with Crippen molar-refractivity contribution in [2.45, 2.75) is 6.92 Å². The number of carbonyl (C=O) groups is 2. The van der Waals surface area contributed by atoms with Crippen LogP contribution in [0.2, 0.25) is 0 Å². The van der Waals surface area contributed by atoms with Crippen molar-refractivity contribution in [1.82, 2.24) is 10.2 Å². The van der Waals surface area contributed by atoms with Crippen LogP contribution in [0.25, 0.3) is 10.6 Å². The van der Waals surface area contributed by atoms with E-state index in [9.17, 15) is 9.59 Å². The Morgan fingerprint density at radius 3 is 2.00 bits per heavy atom. The highest BCUT2D eigenvalue weighted by molar-refractivity contribution is 7.18. The second kappa shape index (κ2) is 9.40. The summed E-state index contributed by atoms with van der Waals surface area (Å²) >= 11 is 1.28. The number of aryl methyl sites for hydroxylation is 1. The van der Waals surface area contributed by atoms with Crippen LogP contribution in [0.3, 0.4) is 0 Å². The summed E-state index contributed by atoms with van der Waals surface area (Å²) in [6.45, 7) is 1.97. The van der Waals surface area contributed by atoms with Crippen LogP contribution < -0.4 is 15.4 Å². The van der Waals surface area contributed by atoms with Crippen LogP contribution in [0.5, 0.6) is 5.75 Å². The van der Waals surface area contributed by atoms with Crippen molar-refractivity contribution < 1.29 is 14.3 Å². The number of aromatic nitrogens is 2. The van der Waals surface area contributed by atoms with E-state index in [0.29, 0.717) is 27.0 Å². The first kappa shape index (κ1) is 21.2. The summed E-state index contributed by atoms with van der Waals surface area (Å²) in [5, 5.41) is 14.9. The van der Waals surface area contributed by atoms with Crippen LogP contribution in [-0.4, -0.2) is 29.1 Å². The zero-order valence-electron chi connectivity index (χ0n) is 17.5. The molecule has 0 atom stereocenters. The Bertz CT molecular complexity index is 1230. The number of nitrogens with one attached hydrogen (secondary N) is 2. The number of hydrogen-bond donors (Lipinski definition) is 2. The molecule has 0 radical (unpaired) electrons. The highest BCUT2D eigenvalue weighted by atomic mass is 32.1. The summed E-state index contributed by atoms with van der Waals surface area (Å²) in [5.74, 6) is 0.242. The fourth-order valence-corrected chi connectivity index (χ4v) is 3.65. The SMILES string of the molecule is COc1ccc(-c2nnc(NC(=O)c3ccc(NC(=O)c4ccc(C)cc4)cc3)s2)cc1. The smallest absolute Gasteiger partial charge is 0.257 e. The van der Waals surface area contributed by atoms with Crippen molar-refractivity contribution in [3.63, 3.8) is 0 Å². The highest BCUT2D eigenvalue weighted by Crippen LogP contribution is 2.28. The maximum absolute atomic E-state index is 12.6. The lowest BCUT2D eigenvalue weighted by atomic mass is 10.1. The number of hydrogen-bond acceptors (Lipinski definition) is 6. The Balaban J connectivity index is 1.38. The summed E-state index contributed by atoms with van der Waals surface area (Å²) in [6, 6.07) is 21.4. The first-order valence-corrected chi connectivity index (χ1v) is 10.6. The van der Waals surface area contributed by atoms with Gasteiger partial charge < -0.3 is 10.1 Å². The zero-order valence-corrected chi connectivity index (χ0v) is 18.3. The van der Waals surface area contributed by atoms with Crippen LogP contribution >= 0.6 is 11.3 Å². The lowest BCUT2D eigenvalue weighted by Gasteiger charge is -2.07. The van der Waals surface area contributed by atoms with E-state index in [-0.39, 0.29) is 11.8 Å². The van der Waals surface area contributed by atoms with Crippen LogP contribution in [0.1, 0.15) is 26.3 Å². The lowest BCUT2D eigenvalue weighted by molar-refractivity contribution is 0.102. The predicted octanol–water partition coefficient (Wildman–Crippen LogP) is 5.03. The van der Waals surface area contributed by atoms with Gasteiger partial charge in [0.25, 0.3) is 11.8 Å². The van der Waals surface area contributed by atoms with E-state index in [4.69, 9.17) is 4.74 Å². The Morgan fingerprint density at radius 2 is 1.38 bits per heavy atom. The van der Waals surface area contributed by atoms with Gasteiger partial charge in [0.2, 0.25) is 5.13 Å². The van der Waals surface area contributed by atoms with Crippen LogP contribution in [0, 0.1) is 6.92 Å². The van der Waals surface area contributed by atoms with E-state index in [1.54, 1.807) is 43.5 Å². The molecule has 4 rings (SSSR count). The number of anilines is 2. The number of amides is 2. The van der Waals surface area contributed by atoms with E-state index in [0.717, 1.165) is 16.9 Å². The second-order valence-electron chi connectivity index (χ2n) is 6.99. The van der Waals surface area contributed by atoms with Crippen LogP contribution in [0.15, 0.2) is 72.8 Å². The van der Waals surface area contributed by atoms with Gasteiger partial charge in [-0.05, 0) is 67.6 Å². The summed E-state index contributed by atoms with van der Waals surface area (Å²) in [5.41, 5.74) is 3.59. The first-order valence-electron chi connectivity index (χ1n) is 9.79. The highest BCUT2D eigenvalue weighted by Gasteiger charge is 2.12. The van der Waals surface area contributed by atoms with Gasteiger partial charge in [0, 0.05) is 22.4 Å². The molecular weight excluding hydrogens is 424 g/mol. The van der Waals surface area contributed by atoms with Gasteiger partial charge in [-0.2, -0.15) is 0 Å². The van der Waals surface area contributed by atoms with E-state index in [1.165, 1.54) is 11.3 Å². The molecule has 0 aliphatic rings. The topological polar surface area (TPSA) is 93.2 Å². The van der Waals surface area contributed by atoms with Gasteiger partial charge in [0.1, 0.15) is 10.8 Å². The number of rotatable bonds is 6. The van der Waals surface area contributed by atoms with E-state index >= 15 is 0 Å². The molecule has 0 saturated heterocycles. The lowest BCUT2D eigenvalue weighted by Crippen LogP contribution is -2.13. The molecule has 2 N–H and O–H groups in total. The van der Waals surface area contributed by atoms with Gasteiger partial charge in [0.05, 0.1) is 7.11 Å². The maximum Gasteiger partial charge on any atom is 0.257 e. The van der Waals surface area contributed by atoms with Gasteiger partial charge in [-0.1, -0.05) is 29.0 Å². The Hall–Kier alpha value is -4.04. The molecule has 0 saturated carbocycles. The minimum Gasteiger partial charge on any atom is -0.497 e. The normalized spacial score (nSPS) is 10.4. The van der Waals surface area contributed by atoms with E-state index < -0.39 is 0 Å². The number of nitrogens with zero attached hydrogens (tertiary/aromatic N) is 2. The fraction of sp³-hybridized carbons (Fsp3) is 0.0833. The number of carbonyl (C=O) groups excluding carboxylic acids is 2. The molecular formula is C24H20N4O3S. The quantitative estimate of drug-likeness (QED) is 0.435. The summed E-state index contributed by atoms with van der Waals surface area (Å²) in [4.78, 5) is 24.9. The Labute approximate surface area is 189 Å². The van der Waals surface area contributed by atoms with E-state index in [2.05, 4.69) is 20.8 Å². The zero-order chi connectivity index (χ0) is 22.5.